The maximum absolute atomic E-state index is 12.0. The molecular formula is C10H12N2O3S3. The average molecular weight is 304 g/mol. The van der Waals surface area contributed by atoms with Crippen molar-refractivity contribution in [1.82, 2.24) is 4.90 Å². The second kappa shape index (κ2) is 5.02. The lowest BCUT2D eigenvalue weighted by molar-refractivity contribution is -0.125. The molecule has 1 aliphatic rings. The minimum atomic E-state index is -3.70. The topological polar surface area (TPSA) is 66.8 Å². The van der Waals surface area contributed by atoms with Gasteiger partial charge in [-0.1, -0.05) is 17.8 Å². The zero-order valence-corrected chi connectivity index (χ0v) is 12.3. The van der Waals surface area contributed by atoms with Crippen LogP contribution in [0.2, 0.25) is 0 Å². The van der Waals surface area contributed by atoms with Gasteiger partial charge in [-0.2, -0.15) is 8.42 Å². The predicted molar refractivity (Wildman–Crippen MR) is 73.4 cm³/mol. The number of amidine groups is 1. The Morgan fingerprint density at radius 2 is 2.22 bits per heavy atom. The summed E-state index contributed by atoms with van der Waals surface area (Å²) < 4.78 is 28.0. The van der Waals surface area contributed by atoms with Crippen molar-refractivity contribution in [2.45, 2.75) is 23.3 Å². The fourth-order valence-corrected chi connectivity index (χ4v) is 4.72. The molecule has 1 amide bonds. The standard InChI is InChI=1S/C10H12N2O3S3/c1-3-12-9(13)7(2)17-10(12)11-18(14,15)8-5-4-6-16-8/h4-7H,3H2,1-2H3. The van der Waals surface area contributed by atoms with Crippen LogP contribution in [0.3, 0.4) is 0 Å². The van der Waals surface area contributed by atoms with E-state index in [4.69, 9.17) is 0 Å². The number of hydrogen-bond donors (Lipinski definition) is 0. The zero-order chi connectivity index (χ0) is 13.3. The third kappa shape index (κ3) is 2.45. The second-order valence-electron chi connectivity index (χ2n) is 3.62. The monoisotopic (exact) mass is 304 g/mol. The highest BCUT2D eigenvalue weighted by atomic mass is 32.2. The van der Waals surface area contributed by atoms with E-state index in [9.17, 15) is 13.2 Å². The number of sulfonamides is 1. The molecular weight excluding hydrogens is 292 g/mol. The highest BCUT2D eigenvalue weighted by Gasteiger charge is 2.35. The molecule has 0 N–H and O–H groups in total. The Morgan fingerprint density at radius 3 is 2.78 bits per heavy atom. The van der Waals surface area contributed by atoms with Gasteiger partial charge >= 0.3 is 0 Å². The van der Waals surface area contributed by atoms with Gasteiger partial charge in [0.15, 0.2) is 5.17 Å². The fourth-order valence-electron chi connectivity index (χ4n) is 1.51. The van der Waals surface area contributed by atoms with Crippen LogP contribution in [0.1, 0.15) is 13.8 Å². The molecule has 0 saturated carbocycles. The lowest BCUT2D eigenvalue weighted by atomic mass is 10.4. The molecule has 0 bridgehead atoms. The van der Waals surface area contributed by atoms with E-state index >= 15 is 0 Å². The van der Waals surface area contributed by atoms with Gasteiger partial charge in [-0.15, -0.1) is 15.7 Å². The average Bonchev–Trinajstić information content (AvgIpc) is 2.89. The van der Waals surface area contributed by atoms with Crippen LogP contribution >= 0.6 is 23.1 Å². The van der Waals surface area contributed by atoms with E-state index in [0.29, 0.717) is 6.54 Å². The first-order valence-electron chi connectivity index (χ1n) is 5.32. The number of thioether (sulfide) groups is 1. The van der Waals surface area contributed by atoms with Crippen molar-refractivity contribution in [3.05, 3.63) is 17.5 Å². The molecule has 1 saturated heterocycles. The Morgan fingerprint density at radius 1 is 1.50 bits per heavy atom. The molecule has 98 valence electrons. The van der Waals surface area contributed by atoms with Gasteiger partial charge in [0, 0.05) is 6.54 Å². The van der Waals surface area contributed by atoms with E-state index in [2.05, 4.69) is 4.40 Å². The Hall–Kier alpha value is -0.860. The molecule has 1 aromatic heterocycles. The summed E-state index contributed by atoms with van der Waals surface area (Å²) in [7, 11) is -3.70. The Kier molecular flexibility index (Phi) is 3.79. The van der Waals surface area contributed by atoms with Crippen molar-refractivity contribution in [1.29, 1.82) is 0 Å². The van der Waals surface area contributed by atoms with Crippen molar-refractivity contribution in [3.8, 4) is 0 Å². The van der Waals surface area contributed by atoms with Crippen LogP contribution in [-0.4, -0.2) is 36.2 Å². The first kappa shape index (κ1) is 13.6. The number of thiophene rings is 1. The van der Waals surface area contributed by atoms with Crippen LogP contribution in [-0.2, 0) is 14.8 Å². The molecule has 0 radical (unpaired) electrons. The maximum Gasteiger partial charge on any atom is 0.294 e. The molecule has 2 rings (SSSR count). The SMILES string of the molecule is CCN1C(=O)C(C)SC1=NS(=O)(=O)c1cccs1. The van der Waals surface area contributed by atoms with Crippen LogP contribution in [0, 0.1) is 0 Å². The molecule has 0 aromatic carbocycles. The molecule has 1 fully saturated rings. The van der Waals surface area contributed by atoms with Crippen molar-refractivity contribution in [2.75, 3.05) is 6.54 Å². The van der Waals surface area contributed by atoms with Gasteiger partial charge in [-0.3, -0.25) is 9.69 Å². The van der Waals surface area contributed by atoms with Gasteiger partial charge in [-0.25, -0.2) is 0 Å². The third-order valence-electron chi connectivity index (χ3n) is 2.39. The largest absolute Gasteiger partial charge is 0.294 e. The maximum atomic E-state index is 12.0. The fraction of sp³-hybridized carbons (Fsp3) is 0.400. The minimum Gasteiger partial charge on any atom is -0.290 e. The van der Waals surface area contributed by atoms with E-state index in [0.717, 1.165) is 11.3 Å². The van der Waals surface area contributed by atoms with E-state index in [1.807, 2.05) is 0 Å². The molecule has 18 heavy (non-hydrogen) atoms. The summed E-state index contributed by atoms with van der Waals surface area (Å²) in [6.07, 6.45) is 0. The summed E-state index contributed by atoms with van der Waals surface area (Å²) in [4.78, 5) is 13.2. The van der Waals surface area contributed by atoms with Crippen molar-refractivity contribution in [2.24, 2.45) is 4.40 Å². The van der Waals surface area contributed by atoms with Gasteiger partial charge < -0.3 is 0 Å². The number of amides is 1. The van der Waals surface area contributed by atoms with E-state index in [-0.39, 0.29) is 20.5 Å². The summed E-state index contributed by atoms with van der Waals surface area (Å²) in [6.45, 7) is 3.97. The molecule has 1 aromatic rings. The zero-order valence-electron chi connectivity index (χ0n) is 9.86. The Labute approximate surface area is 114 Å². The van der Waals surface area contributed by atoms with Gasteiger partial charge in [0.25, 0.3) is 10.0 Å². The summed E-state index contributed by atoms with van der Waals surface area (Å²) in [6, 6.07) is 3.16. The van der Waals surface area contributed by atoms with Crippen LogP contribution in [0.25, 0.3) is 0 Å². The number of rotatable bonds is 3. The number of carbonyl (C=O) groups excluding carboxylic acids is 1. The Bertz CT molecular complexity index is 578. The van der Waals surface area contributed by atoms with Crippen LogP contribution in [0.15, 0.2) is 26.1 Å². The van der Waals surface area contributed by atoms with E-state index < -0.39 is 10.0 Å². The normalized spacial score (nSPS) is 23.0. The van der Waals surface area contributed by atoms with Gasteiger partial charge in [0.1, 0.15) is 4.21 Å². The molecule has 2 heterocycles. The van der Waals surface area contributed by atoms with Gasteiger partial charge in [0.2, 0.25) is 5.91 Å². The number of hydrogen-bond acceptors (Lipinski definition) is 5. The van der Waals surface area contributed by atoms with E-state index in [1.165, 1.54) is 22.7 Å². The highest BCUT2D eigenvalue weighted by molar-refractivity contribution is 8.16. The number of carbonyl (C=O) groups is 1. The molecule has 0 aliphatic carbocycles. The smallest absolute Gasteiger partial charge is 0.290 e. The van der Waals surface area contributed by atoms with Crippen LogP contribution in [0.4, 0.5) is 0 Å². The summed E-state index contributed by atoms with van der Waals surface area (Å²) in [5, 5.41) is 1.67. The summed E-state index contributed by atoms with van der Waals surface area (Å²) in [5.74, 6) is -0.0948. The predicted octanol–water partition coefficient (Wildman–Crippen LogP) is 1.78. The number of nitrogens with zero attached hydrogens (tertiary/aromatic N) is 2. The van der Waals surface area contributed by atoms with Gasteiger partial charge in [-0.05, 0) is 25.3 Å². The molecule has 5 nitrogen and oxygen atoms in total. The van der Waals surface area contributed by atoms with Crippen molar-refractivity contribution >= 4 is 44.2 Å². The first-order chi connectivity index (χ1) is 8.45. The third-order valence-corrected chi connectivity index (χ3v) is 6.22. The molecule has 0 spiro atoms. The summed E-state index contributed by atoms with van der Waals surface area (Å²) in [5.41, 5.74) is 0. The van der Waals surface area contributed by atoms with Crippen molar-refractivity contribution in [3.63, 3.8) is 0 Å². The van der Waals surface area contributed by atoms with Crippen LogP contribution < -0.4 is 0 Å². The van der Waals surface area contributed by atoms with Crippen molar-refractivity contribution < 1.29 is 13.2 Å². The lowest BCUT2D eigenvalue weighted by Gasteiger charge is -2.12. The Balaban J connectivity index is 2.37. The second-order valence-corrected chi connectivity index (χ2v) is 7.71. The molecule has 8 heteroatoms. The highest BCUT2D eigenvalue weighted by Crippen LogP contribution is 2.29. The first-order valence-corrected chi connectivity index (χ1v) is 8.52. The summed E-state index contributed by atoms with van der Waals surface area (Å²) >= 11 is 2.30. The molecule has 1 atom stereocenters. The molecule has 1 aliphatic heterocycles. The van der Waals surface area contributed by atoms with E-state index in [1.54, 1.807) is 25.3 Å². The quantitative estimate of drug-likeness (QED) is 0.853. The lowest BCUT2D eigenvalue weighted by Crippen LogP contribution is -2.31. The molecule has 1 unspecified atom stereocenters. The van der Waals surface area contributed by atoms with Gasteiger partial charge in [0.05, 0.1) is 5.25 Å². The minimum absolute atomic E-state index is 0.0948. The van der Waals surface area contributed by atoms with Crippen LogP contribution in [0.5, 0.6) is 0 Å².